The molecule has 7 nitrogen and oxygen atoms in total. The fourth-order valence-electron chi connectivity index (χ4n) is 5.58. The van der Waals surface area contributed by atoms with E-state index in [0.717, 1.165) is 32.1 Å². The highest BCUT2D eigenvalue weighted by Gasteiger charge is 2.46. The average Bonchev–Trinajstić information content (AvgIpc) is 3.23. The third kappa shape index (κ3) is 5.18. The number of aromatic nitrogens is 1. The lowest BCUT2D eigenvalue weighted by atomic mass is 9.74. The van der Waals surface area contributed by atoms with E-state index in [1.807, 2.05) is 0 Å². The molecule has 2 unspecified atom stereocenters. The van der Waals surface area contributed by atoms with Crippen molar-refractivity contribution >= 4 is 34.2 Å². The highest BCUT2D eigenvalue weighted by Crippen LogP contribution is 2.47. The molecule has 2 aromatic carbocycles. The zero-order valence-electron chi connectivity index (χ0n) is 20.5. The van der Waals surface area contributed by atoms with E-state index >= 15 is 0 Å². The number of alkyl halides is 3. The summed E-state index contributed by atoms with van der Waals surface area (Å²) in [6.07, 6.45) is -0.819. The topological polar surface area (TPSA) is 118 Å². The molecule has 1 fully saturated rings. The number of carbonyl (C=O) groups is 1. The molecular formula is C28H25ClF3N3O4. The van der Waals surface area contributed by atoms with E-state index in [1.165, 1.54) is 18.2 Å². The van der Waals surface area contributed by atoms with Crippen molar-refractivity contribution in [1.82, 2.24) is 4.98 Å². The van der Waals surface area contributed by atoms with Crippen molar-refractivity contribution in [2.75, 3.05) is 0 Å². The number of rotatable bonds is 5. The van der Waals surface area contributed by atoms with E-state index in [4.69, 9.17) is 11.6 Å². The van der Waals surface area contributed by atoms with Gasteiger partial charge in [-0.2, -0.15) is 18.3 Å². The number of hydrogen-bond acceptors (Lipinski definition) is 5. The lowest BCUT2D eigenvalue weighted by Gasteiger charge is -2.35. The van der Waals surface area contributed by atoms with Crippen molar-refractivity contribution < 1.29 is 33.3 Å². The third-order valence-corrected chi connectivity index (χ3v) is 7.73. The maximum Gasteiger partial charge on any atom is 0.419 e. The highest BCUT2D eigenvalue weighted by atomic mass is 35.5. The van der Waals surface area contributed by atoms with Crippen LogP contribution in [0.2, 0.25) is 0 Å². The Hall–Kier alpha value is -3.63. The van der Waals surface area contributed by atoms with Gasteiger partial charge < -0.3 is 20.3 Å². The second-order valence-corrected chi connectivity index (χ2v) is 10.2. The SMILES string of the molecule is O=C(O)c1cccc(-c2cccc3[nH]c(O)c(N=NC4=C(C(F)(F)F)C(Cl)=CC(C5CCCCC5)C4O)c23)c1. The van der Waals surface area contributed by atoms with E-state index in [1.54, 1.807) is 30.3 Å². The Kier molecular flexibility index (Phi) is 7.26. The summed E-state index contributed by atoms with van der Waals surface area (Å²) in [6.45, 7) is 0. The van der Waals surface area contributed by atoms with Crippen LogP contribution in [0.1, 0.15) is 42.5 Å². The second-order valence-electron chi connectivity index (χ2n) is 9.83. The van der Waals surface area contributed by atoms with Gasteiger partial charge in [0, 0.05) is 11.3 Å². The number of aliphatic hydroxyl groups excluding tert-OH is 1. The van der Waals surface area contributed by atoms with Crippen molar-refractivity contribution in [1.29, 1.82) is 0 Å². The minimum Gasteiger partial charge on any atom is -0.493 e. The van der Waals surface area contributed by atoms with Gasteiger partial charge in [-0.1, -0.05) is 61.2 Å². The molecule has 3 aromatic rings. The Morgan fingerprint density at radius 1 is 1.05 bits per heavy atom. The number of nitrogens with one attached hydrogen (secondary N) is 1. The number of H-pyrrole nitrogens is 1. The molecule has 1 saturated carbocycles. The molecule has 11 heteroatoms. The molecular weight excluding hydrogens is 535 g/mol. The monoisotopic (exact) mass is 559 g/mol. The number of fused-ring (bicyclic) bond motifs is 1. The smallest absolute Gasteiger partial charge is 0.419 e. The molecule has 204 valence electrons. The standard InChI is InChI=1S/C28H25ClF3N3O4/c29-19-13-18(14-6-2-1-3-7-14)25(36)24(22(19)28(30,31)32)35-34-23-21-17(10-5-11-20(21)33-26(23)37)15-8-4-9-16(12-15)27(38)39/h4-5,8-14,18,25,33,36-37H,1-3,6-7H2,(H,38,39). The molecule has 0 amide bonds. The number of aromatic amines is 1. The van der Waals surface area contributed by atoms with E-state index in [9.17, 15) is 33.3 Å². The van der Waals surface area contributed by atoms with Gasteiger partial charge in [0.2, 0.25) is 5.88 Å². The summed E-state index contributed by atoms with van der Waals surface area (Å²) in [5.41, 5.74) is -0.700. The van der Waals surface area contributed by atoms with E-state index in [-0.39, 0.29) is 17.2 Å². The lowest BCUT2D eigenvalue weighted by molar-refractivity contribution is -0.0917. The highest BCUT2D eigenvalue weighted by molar-refractivity contribution is 6.32. The third-order valence-electron chi connectivity index (χ3n) is 7.41. The van der Waals surface area contributed by atoms with Crippen molar-refractivity contribution in [3.8, 4) is 17.0 Å². The van der Waals surface area contributed by atoms with Crippen LogP contribution in [0.5, 0.6) is 5.88 Å². The van der Waals surface area contributed by atoms with Crippen LogP contribution in [0.4, 0.5) is 18.9 Å². The first kappa shape index (κ1) is 27.0. The number of benzene rings is 2. The number of carboxylic acid groups (broad SMARTS) is 1. The maximum absolute atomic E-state index is 14.1. The number of aromatic carboxylic acids is 1. The molecule has 4 N–H and O–H groups in total. The van der Waals surface area contributed by atoms with Crippen molar-refractivity contribution in [3.05, 3.63) is 70.4 Å². The summed E-state index contributed by atoms with van der Waals surface area (Å²) < 4.78 is 42.2. The minimum absolute atomic E-state index is 0.0351. The fraction of sp³-hybridized carbons (Fsp3) is 0.321. The van der Waals surface area contributed by atoms with Gasteiger partial charge in [0.15, 0.2) is 5.69 Å². The number of nitrogens with zero attached hydrogens (tertiary/aromatic N) is 2. The first-order valence-electron chi connectivity index (χ1n) is 12.5. The Bertz CT molecular complexity index is 1520. The van der Waals surface area contributed by atoms with Gasteiger partial charge in [0.05, 0.1) is 21.7 Å². The van der Waals surface area contributed by atoms with Gasteiger partial charge in [0.1, 0.15) is 11.8 Å². The molecule has 2 aliphatic carbocycles. The number of halogens is 4. The van der Waals surface area contributed by atoms with E-state index in [2.05, 4.69) is 15.2 Å². The first-order valence-corrected chi connectivity index (χ1v) is 12.9. The minimum atomic E-state index is -4.90. The van der Waals surface area contributed by atoms with Crippen LogP contribution in [0.3, 0.4) is 0 Å². The Morgan fingerprint density at radius 3 is 2.46 bits per heavy atom. The van der Waals surface area contributed by atoms with Crippen molar-refractivity contribution in [2.45, 2.75) is 44.4 Å². The summed E-state index contributed by atoms with van der Waals surface area (Å²) in [5, 5.41) is 38.8. The molecule has 0 saturated heterocycles. The number of aromatic hydroxyl groups is 1. The van der Waals surface area contributed by atoms with Crippen LogP contribution in [0, 0.1) is 11.8 Å². The largest absolute Gasteiger partial charge is 0.493 e. The number of allylic oxidation sites excluding steroid dienone is 2. The predicted molar refractivity (Wildman–Crippen MR) is 140 cm³/mol. The molecule has 0 aliphatic heterocycles. The lowest BCUT2D eigenvalue weighted by Crippen LogP contribution is -2.34. The number of carboxylic acids is 1. The molecule has 1 aromatic heterocycles. The molecule has 2 atom stereocenters. The van der Waals surface area contributed by atoms with Gasteiger partial charge >= 0.3 is 12.1 Å². The summed E-state index contributed by atoms with van der Waals surface area (Å²) in [7, 11) is 0. The summed E-state index contributed by atoms with van der Waals surface area (Å²) in [6, 6.07) is 11.1. The molecule has 0 bridgehead atoms. The summed E-state index contributed by atoms with van der Waals surface area (Å²) in [4.78, 5) is 14.2. The molecule has 2 aliphatic rings. The molecule has 1 heterocycles. The van der Waals surface area contributed by atoms with E-state index < -0.39 is 46.3 Å². The quantitative estimate of drug-likeness (QED) is 0.238. The molecule has 39 heavy (non-hydrogen) atoms. The van der Waals surface area contributed by atoms with Crippen LogP contribution in [0.25, 0.3) is 22.0 Å². The van der Waals surface area contributed by atoms with Gasteiger partial charge in [-0.3, -0.25) is 0 Å². The summed E-state index contributed by atoms with van der Waals surface area (Å²) in [5.74, 6) is -2.27. The number of azo groups is 1. The maximum atomic E-state index is 14.1. The normalized spacial score (nSPS) is 21.1. The van der Waals surface area contributed by atoms with Gasteiger partial charge in [-0.25, -0.2) is 4.79 Å². The first-order chi connectivity index (χ1) is 18.6. The van der Waals surface area contributed by atoms with Crippen LogP contribution in [-0.2, 0) is 0 Å². The van der Waals surface area contributed by atoms with Crippen LogP contribution in [-0.4, -0.2) is 38.6 Å². The molecule has 5 rings (SSSR count). The number of aliphatic hydroxyl groups is 1. The van der Waals surface area contributed by atoms with Gasteiger partial charge in [-0.15, -0.1) is 5.11 Å². The van der Waals surface area contributed by atoms with Crippen LogP contribution < -0.4 is 0 Å². The van der Waals surface area contributed by atoms with Gasteiger partial charge in [0.25, 0.3) is 0 Å². The zero-order valence-corrected chi connectivity index (χ0v) is 21.3. The summed E-state index contributed by atoms with van der Waals surface area (Å²) >= 11 is 6.14. The Balaban J connectivity index is 1.63. The fourth-order valence-corrected chi connectivity index (χ4v) is 5.93. The van der Waals surface area contributed by atoms with E-state index in [0.29, 0.717) is 22.0 Å². The number of hydrogen-bond donors (Lipinski definition) is 4. The predicted octanol–water partition coefficient (Wildman–Crippen LogP) is 7.83. The van der Waals surface area contributed by atoms with Crippen molar-refractivity contribution in [2.24, 2.45) is 22.1 Å². The second kappa shape index (κ2) is 10.5. The van der Waals surface area contributed by atoms with Gasteiger partial charge in [-0.05, 0) is 48.1 Å². The molecule has 0 spiro atoms. The Morgan fingerprint density at radius 2 is 1.77 bits per heavy atom. The average molecular weight is 560 g/mol. The van der Waals surface area contributed by atoms with Crippen molar-refractivity contribution in [3.63, 3.8) is 0 Å². The Labute approximate surface area is 226 Å². The van der Waals surface area contributed by atoms with Crippen LogP contribution >= 0.6 is 11.6 Å². The zero-order chi connectivity index (χ0) is 27.9. The molecule has 0 radical (unpaired) electrons. The van der Waals surface area contributed by atoms with Crippen LogP contribution in [0.15, 0.2) is 75.1 Å².